The monoisotopic (exact) mass is 384 g/mol. The molecule has 3 heterocycles. The van der Waals surface area contributed by atoms with Crippen molar-refractivity contribution in [2.75, 3.05) is 26.2 Å². The molecule has 3 aliphatic heterocycles. The van der Waals surface area contributed by atoms with Crippen LogP contribution in [0.5, 0.6) is 0 Å². The molecule has 1 aromatic rings. The summed E-state index contributed by atoms with van der Waals surface area (Å²) in [6.45, 7) is 11.8. The molecule has 3 unspecified atom stereocenters. The fourth-order valence-corrected chi connectivity index (χ4v) is 5.26. The number of hydrogen-bond donors (Lipinski definition) is 2. The molecule has 3 saturated heterocycles. The second-order valence-electron chi connectivity index (χ2n) is 9.70. The van der Waals surface area contributed by atoms with Crippen molar-refractivity contribution >= 4 is 5.91 Å². The van der Waals surface area contributed by atoms with E-state index >= 15 is 0 Å². The minimum atomic E-state index is -0.0516. The van der Waals surface area contributed by atoms with Crippen LogP contribution in [0.1, 0.15) is 63.5 Å². The van der Waals surface area contributed by atoms with Gasteiger partial charge < -0.3 is 4.90 Å². The van der Waals surface area contributed by atoms with Gasteiger partial charge in [0.15, 0.2) is 0 Å². The van der Waals surface area contributed by atoms with Crippen molar-refractivity contribution in [2.45, 2.75) is 71.0 Å². The van der Waals surface area contributed by atoms with Crippen molar-refractivity contribution in [3.63, 3.8) is 0 Å². The van der Waals surface area contributed by atoms with E-state index in [1.165, 1.54) is 30.5 Å². The Morgan fingerprint density at radius 2 is 1.93 bits per heavy atom. The Balaban J connectivity index is 1.35. The van der Waals surface area contributed by atoms with Gasteiger partial charge in [-0.25, -0.2) is 5.43 Å². The van der Waals surface area contributed by atoms with Gasteiger partial charge in [0.2, 0.25) is 5.91 Å². The summed E-state index contributed by atoms with van der Waals surface area (Å²) in [5.74, 6) is 0.872. The molecule has 0 saturated carbocycles. The summed E-state index contributed by atoms with van der Waals surface area (Å²) >= 11 is 0. The van der Waals surface area contributed by atoms with Crippen LogP contribution in [0.3, 0.4) is 0 Å². The van der Waals surface area contributed by atoms with E-state index in [1.54, 1.807) is 0 Å². The van der Waals surface area contributed by atoms with Crippen LogP contribution in [0, 0.1) is 5.41 Å². The number of nitrogens with zero attached hydrogens (tertiary/aromatic N) is 2. The maximum Gasteiger partial charge on any atom is 0.241 e. The lowest BCUT2D eigenvalue weighted by Gasteiger charge is -2.40. The van der Waals surface area contributed by atoms with Gasteiger partial charge in [0.1, 0.15) is 6.04 Å². The molecule has 1 spiro atoms. The number of benzene rings is 1. The Kier molecular flexibility index (Phi) is 5.77. The smallest absolute Gasteiger partial charge is 0.241 e. The molecule has 0 aliphatic carbocycles. The molecule has 3 aliphatic rings. The van der Waals surface area contributed by atoms with Crippen LogP contribution >= 0.6 is 0 Å². The number of carbonyl (C=O) groups is 1. The predicted molar refractivity (Wildman–Crippen MR) is 113 cm³/mol. The van der Waals surface area contributed by atoms with Crippen LogP contribution in [0.25, 0.3) is 0 Å². The molecular weight excluding hydrogens is 348 g/mol. The Labute approximate surface area is 169 Å². The molecule has 4 rings (SSSR count). The van der Waals surface area contributed by atoms with Gasteiger partial charge in [0, 0.05) is 37.6 Å². The number of carbonyl (C=O) groups excluding carboxylic acids is 1. The Hall–Kier alpha value is -1.43. The third kappa shape index (κ3) is 4.27. The first-order valence-corrected chi connectivity index (χ1v) is 11.1. The largest absolute Gasteiger partial charge is 0.341 e. The molecule has 3 atom stereocenters. The van der Waals surface area contributed by atoms with Crippen LogP contribution in [-0.4, -0.2) is 54.0 Å². The SMILES string of the molecule is CC1CC(C(=O)N2CCC3(CCCN(Cc4ccc(C(C)C)cc4)C3)C2)NN1. The van der Waals surface area contributed by atoms with Gasteiger partial charge >= 0.3 is 0 Å². The third-order valence-electron chi connectivity index (χ3n) is 6.93. The first kappa shape index (κ1) is 19.9. The van der Waals surface area contributed by atoms with E-state index in [-0.39, 0.29) is 11.9 Å². The van der Waals surface area contributed by atoms with Crippen molar-refractivity contribution in [1.82, 2.24) is 20.7 Å². The zero-order valence-corrected chi connectivity index (χ0v) is 17.7. The normalized spacial score (nSPS) is 31.2. The lowest BCUT2D eigenvalue weighted by molar-refractivity contribution is -0.132. The van der Waals surface area contributed by atoms with E-state index in [1.807, 2.05) is 0 Å². The maximum absolute atomic E-state index is 12.9. The van der Waals surface area contributed by atoms with Crippen molar-refractivity contribution < 1.29 is 4.79 Å². The number of hydrogen-bond acceptors (Lipinski definition) is 4. The van der Waals surface area contributed by atoms with Gasteiger partial charge in [0.05, 0.1) is 0 Å². The van der Waals surface area contributed by atoms with E-state index in [4.69, 9.17) is 0 Å². The van der Waals surface area contributed by atoms with Crippen LogP contribution in [0.4, 0.5) is 0 Å². The number of rotatable bonds is 4. The highest BCUT2D eigenvalue weighted by atomic mass is 16.2. The minimum absolute atomic E-state index is 0.0516. The number of likely N-dealkylation sites (tertiary alicyclic amines) is 2. The summed E-state index contributed by atoms with van der Waals surface area (Å²) < 4.78 is 0. The second kappa shape index (κ2) is 8.13. The van der Waals surface area contributed by atoms with Gasteiger partial charge in [-0.15, -0.1) is 0 Å². The summed E-state index contributed by atoms with van der Waals surface area (Å²) in [7, 11) is 0. The molecule has 0 bridgehead atoms. The molecule has 0 aromatic heterocycles. The topological polar surface area (TPSA) is 47.6 Å². The highest BCUT2D eigenvalue weighted by Gasteiger charge is 2.44. The molecule has 5 nitrogen and oxygen atoms in total. The molecule has 28 heavy (non-hydrogen) atoms. The average molecular weight is 385 g/mol. The van der Waals surface area contributed by atoms with Crippen LogP contribution in [-0.2, 0) is 11.3 Å². The van der Waals surface area contributed by atoms with E-state index in [0.717, 1.165) is 39.0 Å². The molecule has 1 aromatic carbocycles. The lowest BCUT2D eigenvalue weighted by atomic mass is 9.79. The summed E-state index contributed by atoms with van der Waals surface area (Å²) in [4.78, 5) is 17.6. The maximum atomic E-state index is 12.9. The van der Waals surface area contributed by atoms with Crippen LogP contribution in [0.2, 0.25) is 0 Å². The number of hydrazine groups is 1. The Morgan fingerprint density at radius 1 is 1.14 bits per heavy atom. The molecule has 0 radical (unpaired) electrons. The van der Waals surface area contributed by atoms with Gasteiger partial charge in [-0.3, -0.25) is 15.1 Å². The summed E-state index contributed by atoms with van der Waals surface area (Å²) in [5, 5.41) is 0. The fraction of sp³-hybridized carbons (Fsp3) is 0.696. The number of nitrogens with one attached hydrogen (secondary N) is 2. The van der Waals surface area contributed by atoms with Gasteiger partial charge in [-0.2, -0.15) is 0 Å². The minimum Gasteiger partial charge on any atom is -0.341 e. The van der Waals surface area contributed by atoms with E-state index in [0.29, 0.717) is 17.4 Å². The zero-order chi connectivity index (χ0) is 19.7. The zero-order valence-electron chi connectivity index (χ0n) is 17.7. The first-order valence-electron chi connectivity index (χ1n) is 11.1. The summed E-state index contributed by atoms with van der Waals surface area (Å²) in [6.07, 6.45) is 4.54. The van der Waals surface area contributed by atoms with Crippen LogP contribution < -0.4 is 10.9 Å². The number of piperidine rings is 1. The molecule has 3 fully saturated rings. The standard InChI is InChI=1S/C23H36N4O/c1-17(2)20-7-5-19(6-8-20)14-26-11-4-9-23(15-26)10-12-27(16-23)22(28)21-13-18(3)24-25-21/h5-8,17-18,21,24-25H,4,9-16H2,1-3H3. The van der Waals surface area contributed by atoms with Crippen molar-refractivity contribution in [3.8, 4) is 0 Å². The van der Waals surface area contributed by atoms with Crippen LogP contribution in [0.15, 0.2) is 24.3 Å². The quantitative estimate of drug-likeness (QED) is 0.838. The predicted octanol–water partition coefficient (Wildman–Crippen LogP) is 2.88. The lowest BCUT2D eigenvalue weighted by Crippen LogP contribution is -2.48. The Morgan fingerprint density at radius 3 is 2.61 bits per heavy atom. The van der Waals surface area contributed by atoms with Gasteiger partial charge in [0.25, 0.3) is 0 Å². The van der Waals surface area contributed by atoms with Crippen molar-refractivity contribution in [3.05, 3.63) is 35.4 Å². The van der Waals surface area contributed by atoms with E-state index < -0.39 is 0 Å². The fourth-order valence-electron chi connectivity index (χ4n) is 5.26. The van der Waals surface area contributed by atoms with Gasteiger partial charge in [-0.05, 0) is 56.2 Å². The molecular formula is C23H36N4O. The third-order valence-corrected chi connectivity index (χ3v) is 6.93. The van der Waals surface area contributed by atoms with E-state index in [2.05, 4.69) is 65.7 Å². The van der Waals surface area contributed by atoms with Crippen molar-refractivity contribution in [1.29, 1.82) is 0 Å². The highest BCUT2D eigenvalue weighted by molar-refractivity contribution is 5.82. The molecule has 5 heteroatoms. The Bertz CT molecular complexity index is 688. The van der Waals surface area contributed by atoms with E-state index in [9.17, 15) is 4.79 Å². The average Bonchev–Trinajstić information content (AvgIpc) is 3.28. The molecule has 1 amide bonds. The highest BCUT2D eigenvalue weighted by Crippen LogP contribution is 2.39. The summed E-state index contributed by atoms with van der Waals surface area (Å²) in [6, 6.07) is 9.46. The molecule has 154 valence electrons. The summed E-state index contributed by atoms with van der Waals surface area (Å²) in [5.41, 5.74) is 9.47. The first-order chi connectivity index (χ1) is 13.4. The second-order valence-corrected chi connectivity index (χ2v) is 9.70. The van der Waals surface area contributed by atoms with Crippen molar-refractivity contribution in [2.24, 2.45) is 5.41 Å². The van der Waals surface area contributed by atoms with Gasteiger partial charge in [-0.1, -0.05) is 38.1 Å². The number of amides is 1. The molecule has 2 N–H and O–H groups in total.